The summed E-state index contributed by atoms with van der Waals surface area (Å²) in [5, 5.41) is 3.23. The summed E-state index contributed by atoms with van der Waals surface area (Å²) in [4.78, 5) is 23.8. The Labute approximate surface area is 211 Å². The Morgan fingerprint density at radius 3 is 2.39 bits per heavy atom. The van der Waals surface area contributed by atoms with Crippen LogP contribution in [0.25, 0.3) is 0 Å². The van der Waals surface area contributed by atoms with Crippen LogP contribution in [0.15, 0.2) is 36.5 Å². The minimum atomic E-state index is -4.36. The van der Waals surface area contributed by atoms with Crippen LogP contribution < -0.4 is 10.2 Å². The zero-order valence-corrected chi connectivity index (χ0v) is 21.2. The van der Waals surface area contributed by atoms with E-state index in [0.717, 1.165) is 63.4 Å². The highest BCUT2D eigenvalue weighted by atomic mass is 19.4. The smallest absolute Gasteiger partial charge is 0.382 e. The molecule has 1 aromatic heterocycles. The minimum Gasteiger partial charge on any atom is -0.382 e. The van der Waals surface area contributed by atoms with E-state index in [-0.39, 0.29) is 17.5 Å². The number of benzene rings is 1. The van der Waals surface area contributed by atoms with Crippen LogP contribution in [0.5, 0.6) is 0 Å². The number of carbonyl (C=O) groups is 1. The molecule has 1 N–H and O–H groups in total. The SMILES string of the molecule is Cc1ccc(N2CCN(CCCC(=O)N3CCC(Nc4ccc(C)c(C(F)(F)F)c4)CC3)CC2)nc1. The molecule has 1 amide bonds. The summed E-state index contributed by atoms with van der Waals surface area (Å²) in [5.41, 5.74) is 1.26. The molecule has 0 unspecified atom stereocenters. The molecule has 36 heavy (non-hydrogen) atoms. The summed E-state index contributed by atoms with van der Waals surface area (Å²) < 4.78 is 39.6. The third kappa shape index (κ3) is 6.90. The molecule has 0 radical (unpaired) electrons. The Morgan fingerprint density at radius 2 is 1.75 bits per heavy atom. The number of halogens is 3. The van der Waals surface area contributed by atoms with Gasteiger partial charge in [0, 0.05) is 63.6 Å². The maximum absolute atomic E-state index is 13.2. The minimum absolute atomic E-state index is 0.0668. The Hall–Kier alpha value is -2.81. The van der Waals surface area contributed by atoms with Gasteiger partial charge in [0.1, 0.15) is 5.82 Å². The predicted octanol–water partition coefficient (Wildman–Crippen LogP) is 4.72. The summed E-state index contributed by atoms with van der Waals surface area (Å²) in [6, 6.07) is 8.61. The predicted molar refractivity (Wildman–Crippen MR) is 136 cm³/mol. The first-order valence-electron chi connectivity index (χ1n) is 12.8. The van der Waals surface area contributed by atoms with Crippen LogP contribution in [0.1, 0.15) is 42.4 Å². The number of piperidine rings is 1. The van der Waals surface area contributed by atoms with Crippen molar-refractivity contribution >= 4 is 17.4 Å². The molecule has 1 aromatic carbocycles. The van der Waals surface area contributed by atoms with Crippen LogP contribution in [0, 0.1) is 13.8 Å². The maximum atomic E-state index is 13.2. The molecule has 0 saturated carbocycles. The highest BCUT2D eigenvalue weighted by Crippen LogP contribution is 2.34. The number of aromatic nitrogens is 1. The fourth-order valence-electron chi connectivity index (χ4n) is 4.99. The number of nitrogens with zero attached hydrogens (tertiary/aromatic N) is 4. The average Bonchev–Trinajstić information content (AvgIpc) is 2.86. The average molecular weight is 504 g/mol. The third-order valence-electron chi connectivity index (χ3n) is 7.22. The van der Waals surface area contributed by atoms with Crippen LogP contribution in [0.2, 0.25) is 0 Å². The number of carbonyl (C=O) groups excluding carboxylic acids is 1. The highest BCUT2D eigenvalue weighted by molar-refractivity contribution is 5.76. The molecule has 196 valence electrons. The van der Waals surface area contributed by atoms with E-state index in [1.807, 2.05) is 18.0 Å². The van der Waals surface area contributed by atoms with Crippen LogP contribution in [0.4, 0.5) is 24.7 Å². The van der Waals surface area contributed by atoms with E-state index in [1.165, 1.54) is 19.1 Å². The molecule has 0 spiro atoms. The van der Waals surface area contributed by atoms with Gasteiger partial charge in [-0.15, -0.1) is 0 Å². The number of aryl methyl sites for hydroxylation is 2. The van der Waals surface area contributed by atoms with Gasteiger partial charge in [0.05, 0.1) is 5.56 Å². The van der Waals surface area contributed by atoms with Crippen molar-refractivity contribution in [2.75, 3.05) is 56.0 Å². The molecule has 4 rings (SSSR count). The second-order valence-corrected chi connectivity index (χ2v) is 9.95. The lowest BCUT2D eigenvalue weighted by molar-refractivity contribution is -0.138. The van der Waals surface area contributed by atoms with Crippen molar-refractivity contribution in [2.24, 2.45) is 0 Å². The molecule has 3 heterocycles. The van der Waals surface area contributed by atoms with Crippen molar-refractivity contribution in [3.63, 3.8) is 0 Å². The number of amides is 1. The zero-order valence-electron chi connectivity index (χ0n) is 21.2. The van der Waals surface area contributed by atoms with Crippen molar-refractivity contribution in [1.29, 1.82) is 0 Å². The van der Waals surface area contributed by atoms with Gasteiger partial charge >= 0.3 is 6.18 Å². The van der Waals surface area contributed by atoms with Gasteiger partial charge in [0.2, 0.25) is 5.91 Å². The zero-order chi connectivity index (χ0) is 25.7. The van der Waals surface area contributed by atoms with Crippen molar-refractivity contribution < 1.29 is 18.0 Å². The summed E-state index contributed by atoms with van der Waals surface area (Å²) >= 11 is 0. The second-order valence-electron chi connectivity index (χ2n) is 9.95. The number of pyridine rings is 1. The normalized spacial score (nSPS) is 17.9. The molecular formula is C27H36F3N5O. The van der Waals surface area contributed by atoms with Crippen molar-refractivity contribution in [3.8, 4) is 0 Å². The van der Waals surface area contributed by atoms with Crippen LogP contribution in [0.3, 0.4) is 0 Å². The summed E-state index contributed by atoms with van der Waals surface area (Å²) in [6.07, 6.45) is 0.377. The van der Waals surface area contributed by atoms with Gasteiger partial charge in [-0.1, -0.05) is 12.1 Å². The van der Waals surface area contributed by atoms with E-state index in [4.69, 9.17) is 0 Å². The number of rotatable bonds is 7. The number of nitrogens with one attached hydrogen (secondary N) is 1. The molecular weight excluding hydrogens is 467 g/mol. The Kier molecular flexibility index (Phi) is 8.39. The van der Waals surface area contributed by atoms with Crippen LogP contribution in [-0.2, 0) is 11.0 Å². The summed E-state index contributed by atoms with van der Waals surface area (Å²) in [6.45, 7) is 9.51. The molecule has 9 heteroatoms. The number of hydrogen-bond acceptors (Lipinski definition) is 5. The lowest BCUT2D eigenvalue weighted by atomic mass is 10.0. The van der Waals surface area contributed by atoms with Crippen LogP contribution in [-0.4, -0.2) is 72.5 Å². The number of likely N-dealkylation sites (tertiary alicyclic amines) is 1. The Bertz CT molecular complexity index is 1010. The van der Waals surface area contributed by atoms with Crippen molar-refractivity contribution in [3.05, 3.63) is 53.2 Å². The molecule has 0 bridgehead atoms. The first-order chi connectivity index (χ1) is 17.2. The lowest BCUT2D eigenvalue weighted by Crippen LogP contribution is -2.47. The van der Waals surface area contributed by atoms with Crippen LogP contribution >= 0.6 is 0 Å². The molecule has 0 atom stereocenters. The van der Waals surface area contributed by atoms with Gasteiger partial charge in [-0.2, -0.15) is 13.2 Å². The molecule has 2 fully saturated rings. The molecule has 0 aliphatic carbocycles. The van der Waals surface area contributed by atoms with Gasteiger partial charge in [-0.3, -0.25) is 9.69 Å². The number of hydrogen-bond donors (Lipinski definition) is 1. The molecule has 6 nitrogen and oxygen atoms in total. The fraction of sp³-hybridized carbons (Fsp3) is 0.556. The van der Waals surface area contributed by atoms with E-state index in [2.05, 4.69) is 32.2 Å². The largest absolute Gasteiger partial charge is 0.416 e. The number of alkyl halides is 3. The van der Waals surface area contributed by atoms with Gasteiger partial charge in [-0.25, -0.2) is 4.98 Å². The first-order valence-corrected chi connectivity index (χ1v) is 12.8. The molecule has 2 aromatic rings. The lowest BCUT2D eigenvalue weighted by Gasteiger charge is -2.36. The maximum Gasteiger partial charge on any atom is 0.416 e. The van der Waals surface area contributed by atoms with Gasteiger partial charge in [0.25, 0.3) is 0 Å². The fourth-order valence-corrected chi connectivity index (χ4v) is 4.99. The number of piperazine rings is 1. The Balaban J connectivity index is 1.14. The molecule has 2 saturated heterocycles. The quantitative estimate of drug-likeness (QED) is 0.593. The van der Waals surface area contributed by atoms with E-state index >= 15 is 0 Å². The third-order valence-corrected chi connectivity index (χ3v) is 7.22. The topological polar surface area (TPSA) is 51.7 Å². The van der Waals surface area contributed by atoms with E-state index < -0.39 is 11.7 Å². The Morgan fingerprint density at radius 1 is 1.03 bits per heavy atom. The first kappa shape index (κ1) is 26.3. The van der Waals surface area contributed by atoms with E-state index in [9.17, 15) is 18.0 Å². The highest BCUT2D eigenvalue weighted by Gasteiger charge is 2.33. The molecule has 2 aliphatic heterocycles. The number of anilines is 2. The standard InChI is InChI=1S/C27H36F3N5O/c1-20-5-8-25(31-19-20)34-16-14-33(15-17-34)11-3-4-26(36)35-12-9-22(10-13-35)32-23-7-6-21(2)24(18-23)27(28,29)30/h5-8,18-19,22,32H,3-4,9-17H2,1-2H3. The summed E-state index contributed by atoms with van der Waals surface area (Å²) in [5.74, 6) is 1.20. The second kappa shape index (κ2) is 11.5. The van der Waals surface area contributed by atoms with Crippen molar-refractivity contribution in [2.45, 2.75) is 51.7 Å². The van der Waals surface area contributed by atoms with Gasteiger partial charge in [-0.05, 0) is 69.0 Å². The molecule has 2 aliphatic rings. The van der Waals surface area contributed by atoms with E-state index in [1.54, 1.807) is 6.07 Å². The van der Waals surface area contributed by atoms with Gasteiger partial charge < -0.3 is 15.1 Å². The van der Waals surface area contributed by atoms with E-state index in [0.29, 0.717) is 25.2 Å². The van der Waals surface area contributed by atoms with Gasteiger partial charge in [0.15, 0.2) is 0 Å². The monoisotopic (exact) mass is 503 g/mol. The summed E-state index contributed by atoms with van der Waals surface area (Å²) in [7, 11) is 0. The van der Waals surface area contributed by atoms with Crippen molar-refractivity contribution in [1.82, 2.24) is 14.8 Å².